The number of nitrogens with zero attached hydrogens (tertiary/aromatic N) is 4. The topological polar surface area (TPSA) is 64.9 Å². The second-order valence-electron chi connectivity index (χ2n) is 6.20. The average Bonchev–Trinajstić information content (AvgIpc) is 3.19. The third-order valence-corrected chi connectivity index (χ3v) is 4.44. The van der Waals surface area contributed by atoms with E-state index in [4.69, 9.17) is 16.3 Å². The van der Waals surface area contributed by atoms with Crippen molar-refractivity contribution in [2.75, 3.05) is 12.4 Å². The van der Waals surface area contributed by atoms with Gasteiger partial charge in [0.25, 0.3) is 0 Å². The quantitative estimate of drug-likeness (QED) is 0.511. The zero-order valence-corrected chi connectivity index (χ0v) is 16.0. The fourth-order valence-corrected chi connectivity index (χ4v) is 2.93. The molecule has 0 radical (unpaired) electrons. The van der Waals surface area contributed by atoms with Crippen molar-refractivity contribution in [1.29, 1.82) is 0 Å². The van der Waals surface area contributed by atoms with Crippen LogP contribution in [0.15, 0.2) is 73.3 Å². The van der Waals surface area contributed by atoms with Gasteiger partial charge in [0.2, 0.25) is 0 Å². The lowest BCUT2D eigenvalue weighted by Crippen LogP contribution is -2.00. The maximum atomic E-state index is 5.93. The van der Waals surface area contributed by atoms with E-state index in [1.54, 1.807) is 13.3 Å². The van der Waals surface area contributed by atoms with Crippen LogP contribution >= 0.6 is 11.6 Å². The molecule has 0 aliphatic heterocycles. The Kier molecular flexibility index (Phi) is 5.21. The minimum absolute atomic E-state index is 0.651. The predicted octanol–water partition coefficient (Wildman–Crippen LogP) is 4.79. The van der Waals surface area contributed by atoms with E-state index in [0.29, 0.717) is 17.4 Å². The van der Waals surface area contributed by atoms with E-state index < -0.39 is 0 Å². The summed E-state index contributed by atoms with van der Waals surface area (Å²) >= 11 is 5.93. The molecule has 1 N–H and O–H groups in total. The molecule has 0 unspecified atom stereocenters. The Hall–Kier alpha value is -3.38. The van der Waals surface area contributed by atoms with Crippen molar-refractivity contribution in [2.45, 2.75) is 6.54 Å². The summed E-state index contributed by atoms with van der Waals surface area (Å²) in [5.74, 6) is 1.53. The van der Waals surface area contributed by atoms with Crippen LogP contribution in [0.1, 0.15) is 5.56 Å². The first-order valence-corrected chi connectivity index (χ1v) is 9.08. The summed E-state index contributed by atoms with van der Waals surface area (Å²) < 4.78 is 7.15. The van der Waals surface area contributed by atoms with Gasteiger partial charge in [-0.25, -0.2) is 9.97 Å². The van der Waals surface area contributed by atoms with Gasteiger partial charge in [0.05, 0.1) is 25.5 Å². The Morgan fingerprint density at radius 2 is 1.93 bits per heavy atom. The Labute approximate surface area is 167 Å². The van der Waals surface area contributed by atoms with E-state index in [9.17, 15) is 0 Å². The maximum Gasteiger partial charge on any atom is 0.134 e. The molecule has 0 saturated heterocycles. The predicted molar refractivity (Wildman–Crippen MR) is 110 cm³/mol. The molecule has 0 amide bonds. The Morgan fingerprint density at radius 3 is 2.75 bits per heavy atom. The third kappa shape index (κ3) is 4.29. The smallest absolute Gasteiger partial charge is 0.134 e. The zero-order valence-electron chi connectivity index (χ0n) is 15.2. The number of hydrogen-bond acceptors (Lipinski definition) is 5. The maximum absolute atomic E-state index is 5.93. The van der Waals surface area contributed by atoms with Crippen LogP contribution in [-0.4, -0.2) is 26.9 Å². The summed E-state index contributed by atoms with van der Waals surface area (Å²) in [6, 6.07) is 17.3. The second kappa shape index (κ2) is 8.10. The van der Waals surface area contributed by atoms with Crippen molar-refractivity contribution < 1.29 is 4.74 Å². The van der Waals surface area contributed by atoms with E-state index >= 15 is 0 Å². The number of methoxy groups -OCH3 is 1. The highest BCUT2D eigenvalue weighted by Crippen LogP contribution is 2.22. The molecule has 2 aromatic carbocycles. The number of rotatable bonds is 6. The number of nitrogens with one attached hydrogen (secondary N) is 1. The summed E-state index contributed by atoms with van der Waals surface area (Å²) in [5, 5.41) is 8.39. The van der Waals surface area contributed by atoms with Gasteiger partial charge in [-0.2, -0.15) is 5.10 Å². The first-order chi connectivity index (χ1) is 13.7. The molecule has 2 aromatic heterocycles. The molecular formula is C21H18ClN5O. The van der Waals surface area contributed by atoms with Gasteiger partial charge in [0.15, 0.2) is 0 Å². The van der Waals surface area contributed by atoms with Gasteiger partial charge in [-0.3, -0.25) is 4.68 Å². The summed E-state index contributed by atoms with van der Waals surface area (Å²) in [4.78, 5) is 8.65. The first-order valence-electron chi connectivity index (χ1n) is 8.70. The normalized spacial score (nSPS) is 10.6. The fourth-order valence-electron chi connectivity index (χ4n) is 2.80. The van der Waals surface area contributed by atoms with Gasteiger partial charge >= 0.3 is 0 Å². The molecule has 28 heavy (non-hydrogen) atoms. The first kappa shape index (κ1) is 18.0. The summed E-state index contributed by atoms with van der Waals surface area (Å²) in [7, 11) is 1.66. The lowest BCUT2D eigenvalue weighted by atomic mass is 10.2. The van der Waals surface area contributed by atoms with Gasteiger partial charge < -0.3 is 10.1 Å². The average molecular weight is 392 g/mol. The van der Waals surface area contributed by atoms with Gasteiger partial charge in [-0.05, 0) is 42.0 Å². The van der Waals surface area contributed by atoms with E-state index in [1.165, 1.54) is 6.33 Å². The van der Waals surface area contributed by atoms with Crippen molar-refractivity contribution in [1.82, 2.24) is 19.7 Å². The summed E-state index contributed by atoms with van der Waals surface area (Å²) in [6.45, 7) is 0.651. The molecule has 0 aliphatic rings. The lowest BCUT2D eigenvalue weighted by molar-refractivity contribution is 0.414. The van der Waals surface area contributed by atoms with Crippen LogP contribution in [-0.2, 0) is 6.54 Å². The monoisotopic (exact) mass is 391 g/mol. The van der Waals surface area contributed by atoms with Crippen LogP contribution in [0, 0.1) is 0 Å². The number of halogens is 1. The van der Waals surface area contributed by atoms with Crippen molar-refractivity contribution in [3.8, 4) is 17.0 Å². The fraction of sp³-hybridized carbons (Fsp3) is 0.0952. The van der Waals surface area contributed by atoms with Crippen LogP contribution in [0.2, 0.25) is 5.02 Å². The van der Waals surface area contributed by atoms with Gasteiger partial charge in [0, 0.05) is 28.5 Å². The molecule has 0 aliphatic carbocycles. The molecule has 0 bridgehead atoms. The number of aromatic nitrogens is 4. The van der Waals surface area contributed by atoms with E-state index in [0.717, 1.165) is 28.3 Å². The number of ether oxygens (including phenoxy) is 1. The van der Waals surface area contributed by atoms with E-state index in [2.05, 4.69) is 20.4 Å². The molecule has 140 valence electrons. The molecule has 4 aromatic rings. The lowest BCUT2D eigenvalue weighted by Gasteiger charge is -2.06. The SMILES string of the molecule is COc1cccc(Cn2cc(-c3cc(Nc4ccc(Cl)cc4)ncn3)cn2)c1. The molecule has 0 atom stereocenters. The van der Waals surface area contributed by atoms with Crippen LogP contribution in [0.25, 0.3) is 11.3 Å². The van der Waals surface area contributed by atoms with E-state index in [-0.39, 0.29) is 0 Å². The van der Waals surface area contributed by atoms with Crippen molar-refractivity contribution >= 4 is 23.1 Å². The minimum atomic E-state index is 0.651. The highest BCUT2D eigenvalue weighted by molar-refractivity contribution is 6.30. The standard InChI is InChI=1S/C21H18ClN5O/c1-28-19-4-2-3-15(9-19)12-27-13-16(11-25-27)20-10-21(24-14-23-20)26-18-7-5-17(22)6-8-18/h2-11,13-14H,12H2,1H3,(H,23,24,26). The molecular weight excluding hydrogens is 374 g/mol. The number of benzene rings is 2. The zero-order chi connectivity index (χ0) is 19.3. The summed E-state index contributed by atoms with van der Waals surface area (Å²) in [5.41, 5.74) is 3.73. The largest absolute Gasteiger partial charge is 0.497 e. The van der Waals surface area contributed by atoms with Crippen LogP contribution in [0.5, 0.6) is 5.75 Å². The van der Waals surface area contributed by atoms with E-state index in [1.807, 2.05) is 65.5 Å². The van der Waals surface area contributed by atoms with Crippen LogP contribution in [0.4, 0.5) is 11.5 Å². The van der Waals surface area contributed by atoms with Gasteiger partial charge in [0.1, 0.15) is 17.9 Å². The molecule has 2 heterocycles. The van der Waals surface area contributed by atoms with Crippen molar-refractivity contribution in [3.63, 3.8) is 0 Å². The Balaban J connectivity index is 1.51. The molecule has 4 rings (SSSR count). The molecule has 6 nitrogen and oxygen atoms in total. The molecule has 0 saturated carbocycles. The second-order valence-corrected chi connectivity index (χ2v) is 6.63. The van der Waals surface area contributed by atoms with Crippen LogP contribution < -0.4 is 10.1 Å². The van der Waals surface area contributed by atoms with Crippen LogP contribution in [0.3, 0.4) is 0 Å². The molecule has 0 fully saturated rings. The van der Waals surface area contributed by atoms with Gasteiger partial charge in [-0.15, -0.1) is 0 Å². The molecule has 7 heteroatoms. The highest BCUT2D eigenvalue weighted by atomic mass is 35.5. The van der Waals surface area contributed by atoms with Crippen molar-refractivity contribution in [3.05, 3.63) is 83.9 Å². The number of hydrogen-bond donors (Lipinski definition) is 1. The third-order valence-electron chi connectivity index (χ3n) is 4.19. The number of anilines is 2. The van der Waals surface area contributed by atoms with Gasteiger partial charge in [-0.1, -0.05) is 23.7 Å². The summed E-state index contributed by atoms with van der Waals surface area (Å²) in [6.07, 6.45) is 5.30. The molecule has 0 spiro atoms. The Morgan fingerprint density at radius 1 is 1.07 bits per heavy atom. The van der Waals surface area contributed by atoms with Crippen molar-refractivity contribution in [2.24, 2.45) is 0 Å². The Bertz CT molecular complexity index is 1080. The highest BCUT2D eigenvalue weighted by Gasteiger charge is 2.07. The minimum Gasteiger partial charge on any atom is -0.497 e.